The van der Waals surface area contributed by atoms with E-state index < -0.39 is 0 Å². The third-order valence-corrected chi connectivity index (χ3v) is 3.78. The second kappa shape index (κ2) is 5.53. The van der Waals surface area contributed by atoms with Gasteiger partial charge in [-0.15, -0.1) is 0 Å². The summed E-state index contributed by atoms with van der Waals surface area (Å²) in [7, 11) is 0. The number of nitrogens with zero attached hydrogens (tertiary/aromatic N) is 3. The van der Waals surface area contributed by atoms with E-state index in [0.717, 1.165) is 37.9 Å². The molecule has 0 unspecified atom stereocenters. The summed E-state index contributed by atoms with van der Waals surface area (Å²) < 4.78 is 7.41. The zero-order chi connectivity index (χ0) is 13.0. The molecule has 0 amide bonds. The van der Waals surface area contributed by atoms with Gasteiger partial charge in [0.1, 0.15) is 0 Å². The van der Waals surface area contributed by atoms with E-state index in [2.05, 4.69) is 31.1 Å². The molecular weight excluding hydrogens is 226 g/mol. The molecular formula is C14H21N3O. The Kier molecular flexibility index (Phi) is 4.03. The molecule has 1 saturated heterocycles. The van der Waals surface area contributed by atoms with Crippen LogP contribution < -0.4 is 0 Å². The van der Waals surface area contributed by atoms with E-state index in [1.54, 1.807) is 0 Å². The quantitative estimate of drug-likeness (QED) is 0.820. The minimum Gasteiger partial charge on any atom is -0.381 e. The van der Waals surface area contributed by atoms with Crippen molar-refractivity contribution in [3.8, 4) is 6.07 Å². The highest BCUT2D eigenvalue weighted by Crippen LogP contribution is 2.33. The van der Waals surface area contributed by atoms with Gasteiger partial charge in [0.25, 0.3) is 0 Å². The standard InChI is InChI=1S/C14H21N3O/c1-3-12-9-13(17(4-2)16-12)10-14(11-15)5-7-18-8-6-14/h9H,3-8,10H2,1-2H3. The fourth-order valence-electron chi connectivity index (χ4n) is 2.54. The first kappa shape index (κ1) is 13.1. The molecule has 2 heterocycles. The van der Waals surface area contributed by atoms with Crippen LogP contribution in [0.25, 0.3) is 0 Å². The maximum atomic E-state index is 9.50. The fraction of sp³-hybridized carbons (Fsp3) is 0.714. The molecule has 0 radical (unpaired) electrons. The van der Waals surface area contributed by atoms with Gasteiger partial charge in [0, 0.05) is 31.9 Å². The lowest BCUT2D eigenvalue weighted by Crippen LogP contribution is -2.31. The fourth-order valence-corrected chi connectivity index (χ4v) is 2.54. The summed E-state index contributed by atoms with van der Waals surface area (Å²) in [6, 6.07) is 4.67. The van der Waals surface area contributed by atoms with Crippen LogP contribution in [0.1, 0.15) is 38.1 Å². The first-order chi connectivity index (χ1) is 8.73. The average molecular weight is 247 g/mol. The smallest absolute Gasteiger partial charge is 0.0695 e. The number of rotatable bonds is 4. The largest absolute Gasteiger partial charge is 0.381 e. The van der Waals surface area contributed by atoms with Crippen molar-refractivity contribution in [3.05, 3.63) is 17.5 Å². The van der Waals surface area contributed by atoms with E-state index in [1.807, 2.05) is 4.68 Å². The maximum Gasteiger partial charge on any atom is 0.0695 e. The van der Waals surface area contributed by atoms with Crippen molar-refractivity contribution in [2.24, 2.45) is 5.41 Å². The first-order valence-electron chi connectivity index (χ1n) is 6.77. The first-order valence-corrected chi connectivity index (χ1v) is 6.77. The predicted molar refractivity (Wildman–Crippen MR) is 69.1 cm³/mol. The molecule has 0 atom stereocenters. The summed E-state index contributed by atoms with van der Waals surface area (Å²) in [5.74, 6) is 0. The van der Waals surface area contributed by atoms with Gasteiger partial charge in [-0.2, -0.15) is 10.4 Å². The summed E-state index contributed by atoms with van der Waals surface area (Å²) in [5, 5.41) is 14.0. The van der Waals surface area contributed by atoms with E-state index in [4.69, 9.17) is 4.74 Å². The molecule has 1 aromatic rings. The molecule has 0 N–H and O–H groups in total. The second-order valence-electron chi connectivity index (χ2n) is 4.98. The number of aryl methyl sites for hydroxylation is 2. The molecule has 1 aromatic heterocycles. The number of ether oxygens (including phenoxy) is 1. The molecule has 4 nitrogen and oxygen atoms in total. The number of hydrogen-bond donors (Lipinski definition) is 0. The molecule has 4 heteroatoms. The van der Waals surface area contributed by atoms with Crippen LogP contribution in [0.4, 0.5) is 0 Å². The Morgan fingerprint density at radius 3 is 2.72 bits per heavy atom. The van der Waals surface area contributed by atoms with Crippen molar-refractivity contribution in [1.29, 1.82) is 5.26 Å². The Labute approximate surface area is 109 Å². The van der Waals surface area contributed by atoms with Crippen LogP contribution >= 0.6 is 0 Å². The van der Waals surface area contributed by atoms with Gasteiger partial charge in [0.2, 0.25) is 0 Å². The van der Waals surface area contributed by atoms with Gasteiger partial charge in [-0.3, -0.25) is 4.68 Å². The van der Waals surface area contributed by atoms with Gasteiger partial charge in [-0.25, -0.2) is 0 Å². The molecule has 1 aliphatic rings. The van der Waals surface area contributed by atoms with Crippen LogP contribution in [-0.2, 0) is 24.1 Å². The van der Waals surface area contributed by atoms with Gasteiger partial charge in [-0.1, -0.05) is 6.92 Å². The number of hydrogen-bond acceptors (Lipinski definition) is 3. The normalized spacial score (nSPS) is 18.5. The third kappa shape index (κ3) is 2.56. The lowest BCUT2D eigenvalue weighted by Gasteiger charge is -2.30. The van der Waals surface area contributed by atoms with Crippen molar-refractivity contribution < 1.29 is 4.74 Å². The zero-order valence-corrected chi connectivity index (χ0v) is 11.3. The SMILES string of the molecule is CCc1cc(CC2(C#N)CCOCC2)n(CC)n1. The topological polar surface area (TPSA) is 50.8 Å². The van der Waals surface area contributed by atoms with Crippen LogP contribution in [0.5, 0.6) is 0 Å². The molecule has 1 fully saturated rings. The van der Waals surface area contributed by atoms with Crippen LogP contribution in [0.3, 0.4) is 0 Å². The molecule has 0 bridgehead atoms. The minimum absolute atomic E-state index is 0.254. The van der Waals surface area contributed by atoms with Crippen LogP contribution in [0, 0.1) is 16.7 Å². The maximum absolute atomic E-state index is 9.50. The van der Waals surface area contributed by atoms with Crippen molar-refractivity contribution in [1.82, 2.24) is 9.78 Å². The highest BCUT2D eigenvalue weighted by atomic mass is 16.5. The highest BCUT2D eigenvalue weighted by molar-refractivity contribution is 5.16. The molecule has 18 heavy (non-hydrogen) atoms. The Morgan fingerprint density at radius 1 is 1.44 bits per heavy atom. The summed E-state index contributed by atoms with van der Waals surface area (Å²) in [5.41, 5.74) is 2.06. The monoisotopic (exact) mass is 247 g/mol. The van der Waals surface area contributed by atoms with Gasteiger partial charge in [-0.05, 0) is 32.3 Å². The molecule has 1 aliphatic heterocycles. The average Bonchev–Trinajstić information content (AvgIpc) is 2.82. The Bertz CT molecular complexity index is 438. The van der Waals surface area contributed by atoms with E-state index in [9.17, 15) is 5.26 Å². The predicted octanol–water partition coefficient (Wildman–Crippen LogP) is 2.33. The summed E-state index contributed by atoms with van der Waals surface area (Å²) in [4.78, 5) is 0. The zero-order valence-electron chi connectivity index (χ0n) is 11.3. The number of nitriles is 1. The summed E-state index contributed by atoms with van der Waals surface area (Å²) in [6.07, 6.45) is 3.41. The molecule has 2 rings (SSSR count). The molecule has 0 saturated carbocycles. The van der Waals surface area contributed by atoms with Crippen molar-refractivity contribution in [3.63, 3.8) is 0 Å². The Balaban J connectivity index is 2.21. The van der Waals surface area contributed by atoms with Gasteiger partial charge < -0.3 is 4.74 Å². The van der Waals surface area contributed by atoms with Gasteiger partial charge in [0.15, 0.2) is 0 Å². The molecule has 98 valence electrons. The van der Waals surface area contributed by atoms with Crippen molar-refractivity contribution >= 4 is 0 Å². The molecule has 0 aromatic carbocycles. The van der Waals surface area contributed by atoms with E-state index in [0.29, 0.717) is 13.2 Å². The molecule has 0 spiro atoms. The van der Waals surface area contributed by atoms with Crippen LogP contribution in [0.2, 0.25) is 0 Å². The van der Waals surface area contributed by atoms with Crippen LogP contribution in [0.15, 0.2) is 6.07 Å². The Morgan fingerprint density at radius 2 is 2.17 bits per heavy atom. The highest BCUT2D eigenvalue weighted by Gasteiger charge is 2.34. The van der Waals surface area contributed by atoms with E-state index >= 15 is 0 Å². The lowest BCUT2D eigenvalue weighted by atomic mass is 9.78. The van der Waals surface area contributed by atoms with Crippen molar-refractivity contribution in [2.75, 3.05) is 13.2 Å². The van der Waals surface area contributed by atoms with Gasteiger partial charge >= 0.3 is 0 Å². The summed E-state index contributed by atoms with van der Waals surface area (Å²) in [6.45, 7) is 6.48. The minimum atomic E-state index is -0.254. The van der Waals surface area contributed by atoms with E-state index in [-0.39, 0.29) is 5.41 Å². The third-order valence-electron chi connectivity index (χ3n) is 3.78. The van der Waals surface area contributed by atoms with E-state index in [1.165, 1.54) is 5.69 Å². The summed E-state index contributed by atoms with van der Waals surface area (Å²) >= 11 is 0. The van der Waals surface area contributed by atoms with Crippen molar-refractivity contribution in [2.45, 2.75) is 46.1 Å². The van der Waals surface area contributed by atoms with Crippen LogP contribution in [-0.4, -0.2) is 23.0 Å². The number of aromatic nitrogens is 2. The lowest BCUT2D eigenvalue weighted by molar-refractivity contribution is 0.0398. The second-order valence-corrected chi connectivity index (χ2v) is 4.98. The molecule has 0 aliphatic carbocycles. The Hall–Kier alpha value is -1.34. The van der Waals surface area contributed by atoms with Gasteiger partial charge in [0.05, 0.1) is 17.2 Å².